The molecule has 1 heterocycles. The Bertz CT molecular complexity index is 1220. The standard InChI is InChI=1S/C24H24NO3P/c1-3-17(2)28-29(26,27)16-20-15-14-19-10-7-13-23(24(19)25-20)22-12-6-9-18-8-4-5-11-21(18)22/h4-15,17H,3,16H2,1-2H3,(H,26,27). The molecule has 4 nitrogen and oxygen atoms in total. The predicted octanol–water partition coefficient (Wildman–Crippen LogP) is 6.56. The van der Waals surface area contributed by atoms with Crippen LogP contribution < -0.4 is 0 Å². The molecule has 1 N–H and O–H groups in total. The molecule has 4 aromatic rings. The van der Waals surface area contributed by atoms with E-state index in [9.17, 15) is 9.46 Å². The lowest BCUT2D eigenvalue weighted by Crippen LogP contribution is -2.06. The summed E-state index contributed by atoms with van der Waals surface area (Å²) in [6.45, 7) is 3.73. The topological polar surface area (TPSA) is 59.4 Å². The summed E-state index contributed by atoms with van der Waals surface area (Å²) in [4.78, 5) is 15.0. The highest BCUT2D eigenvalue weighted by molar-refractivity contribution is 7.51. The van der Waals surface area contributed by atoms with E-state index in [2.05, 4.69) is 30.3 Å². The van der Waals surface area contributed by atoms with Crippen molar-refractivity contribution in [1.82, 2.24) is 4.98 Å². The number of aromatic nitrogens is 1. The lowest BCUT2D eigenvalue weighted by Gasteiger charge is -2.17. The van der Waals surface area contributed by atoms with Gasteiger partial charge in [-0.15, -0.1) is 0 Å². The summed E-state index contributed by atoms with van der Waals surface area (Å²) in [5.41, 5.74) is 3.49. The molecule has 3 aromatic carbocycles. The first-order chi connectivity index (χ1) is 14.0. The highest BCUT2D eigenvalue weighted by atomic mass is 31.2. The predicted molar refractivity (Wildman–Crippen MR) is 119 cm³/mol. The maximum atomic E-state index is 12.5. The zero-order valence-corrected chi connectivity index (χ0v) is 17.5. The van der Waals surface area contributed by atoms with Crippen molar-refractivity contribution in [2.24, 2.45) is 0 Å². The molecule has 29 heavy (non-hydrogen) atoms. The summed E-state index contributed by atoms with van der Waals surface area (Å²) in [5.74, 6) is 0. The van der Waals surface area contributed by atoms with Crippen LogP contribution in [0.25, 0.3) is 32.8 Å². The largest absolute Gasteiger partial charge is 0.334 e. The molecule has 0 bridgehead atoms. The molecular weight excluding hydrogens is 381 g/mol. The van der Waals surface area contributed by atoms with Gasteiger partial charge in [0, 0.05) is 10.9 Å². The highest BCUT2D eigenvalue weighted by Gasteiger charge is 2.24. The van der Waals surface area contributed by atoms with Crippen LogP contribution in [0.15, 0.2) is 72.8 Å². The normalized spacial score (nSPS) is 14.7. The average molecular weight is 405 g/mol. The lowest BCUT2D eigenvalue weighted by molar-refractivity contribution is 0.184. The van der Waals surface area contributed by atoms with Gasteiger partial charge in [0.1, 0.15) is 0 Å². The van der Waals surface area contributed by atoms with Crippen molar-refractivity contribution in [3.8, 4) is 11.1 Å². The van der Waals surface area contributed by atoms with Gasteiger partial charge in [-0.25, -0.2) is 0 Å². The third kappa shape index (κ3) is 4.25. The smallest absolute Gasteiger partial charge is 0.324 e. The van der Waals surface area contributed by atoms with Crippen molar-refractivity contribution in [3.05, 3.63) is 78.5 Å². The Labute approximate surface area is 170 Å². The number of benzene rings is 3. The first kappa shape index (κ1) is 19.8. The Morgan fingerprint density at radius 1 is 0.931 bits per heavy atom. The summed E-state index contributed by atoms with van der Waals surface area (Å²) < 4.78 is 17.9. The van der Waals surface area contributed by atoms with Gasteiger partial charge >= 0.3 is 7.60 Å². The Morgan fingerprint density at radius 3 is 2.41 bits per heavy atom. The molecule has 0 radical (unpaired) electrons. The van der Waals surface area contributed by atoms with Gasteiger partial charge in [0.05, 0.1) is 23.5 Å². The molecule has 0 saturated heterocycles. The zero-order valence-electron chi connectivity index (χ0n) is 16.6. The second kappa shape index (κ2) is 8.08. The Morgan fingerprint density at radius 2 is 1.62 bits per heavy atom. The molecule has 1 aromatic heterocycles. The molecule has 0 aliphatic carbocycles. The molecule has 0 saturated carbocycles. The molecule has 4 rings (SSSR count). The molecule has 0 aliphatic rings. The Balaban J connectivity index is 1.80. The van der Waals surface area contributed by atoms with Gasteiger partial charge in [0.25, 0.3) is 0 Å². The second-order valence-corrected chi connectivity index (χ2v) is 9.13. The van der Waals surface area contributed by atoms with Gasteiger partial charge < -0.3 is 9.42 Å². The van der Waals surface area contributed by atoms with Crippen LogP contribution in [0.2, 0.25) is 0 Å². The fraction of sp³-hybridized carbons (Fsp3) is 0.208. The Kier molecular flexibility index (Phi) is 5.51. The fourth-order valence-electron chi connectivity index (χ4n) is 3.55. The zero-order chi connectivity index (χ0) is 20.4. The third-order valence-electron chi connectivity index (χ3n) is 5.14. The minimum Gasteiger partial charge on any atom is -0.324 e. The van der Waals surface area contributed by atoms with E-state index in [0.29, 0.717) is 12.1 Å². The minimum absolute atomic E-state index is 0.100. The molecule has 0 spiro atoms. The molecule has 148 valence electrons. The van der Waals surface area contributed by atoms with Crippen molar-refractivity contribution in [1.29, 1.82) is 0 Å². The van der Waals surface area contributed by atoms with Crippen molar-refractivity contribution in [2.75, 3.05) is 0 Å². The maximum Gasteiger partial charge on any atom is 0.334 e. The lowest BCUT2D eigenvalue weighted by atomic mass is 9.96. The minimum atomic E-state index is -3.75. The van der Waals surface area contributed by atoms with Gasteiger partial charge in [-0.2, -0.15) is 0 Å². The van der Waals surface area contributed by atoms with Crippen LogP contribution in [-0.4, -0.2) is 16.0 Å². The summed E-state index contributed by atoms with van der Waals surface area (Å²) in [6.07, 6.45) is 0.315. The van der Waals surface area contributed by atoms with Crippen LogP contribution in [0.1, 0.15) is 26.0 Å². The van der Waals surface area contributed by atoms with E-state index in [1.54, 1.807) is 13.0 Å². The van der Waals surface area contributed by atoms with E-state index in [4.69, 9.17) is 9.51 Å². The third-order valence-corrected chi connectivity index (χ3v) is 6.55. The van der Waals surface area contributed by atoms with Crippen molar-refractivity contribution < 1.29 is 14.0 Å². The molecule has 0 aliphatic heterocycles. The molecule has 0 fully saturated rings. The summed E-state index contributed by atoms with van der Waals surface area (Å²) in [6, 6.07) is 24.3. The van der Waals surface area contributed by atoms with Crippen LogP contribution in [0.5, 0.6) is 0 Å². The van der Waals surface area contributed by atoms with E-state index in [-0.39, 0.29) is 12.3 Å². The van der Waals surface area contributed by atoms with Crippen molar-refractivity contribution >= 4 is 29.3 Å². The van der Waals surface area contributed by atoms with E-state index >= 15 is 0 Å². The first-order valence-electron chi connectivity index (χ1n) is 9.84. The number of pyridine rings is 1. The van der Waals surface area contributed by atoms with Crippen LogP contribution in [0, 0.1) is 0 Å². The van der Waals surface area contributed by atoms with E-state index in [1.807, 2.05) is 43.3 Å². The van der Waals surface area contributed by atoms with E-state index in [0.717, 1.165) is 27.4 Å². The number of nitrogens with zero attached hydrogens (tertiary/aromatic N) is 1. The van der Waals surface area contributed by atoms with Gasteiger partial charge in [0.2, 0.25) is 0 Å². The molecule has 2 unspecified atom stereocenters. The quantitative estimate of drug-likeness (QED) is 0.369. The first-order valence-corrected chi connectivity index (χ1v) is 11.6. The number of fused-ring (bicyclic) bond motifs is 2. The summed E-state index contributed by atoms with van der Waals surface area (Å²) >= 11 is 0. The number of rotatable bonds is 6. The Hall–Kier alpha value is -2.52. The van der Waals surface area contributed by atoms with Gasteiger partial charge in [-0.1, -0.05) is 73.7 Å². The average Bonchev–Trinajstić information content (AvgIpc) is 2.72. The number of hydrogen-bond acceptors (Lipinski definition) is 3. The summed E-state index contributed by atoms with van der Waals surface area (Å²) in [5, 5.41) is 3.32. The van der Waals surface area contributed by atoms with Gasteiger partial charge in [0.15, 0.2) is 0 Å². The van der Waals surface area contributed by atoms with Crippen LogP contribution >= 0.6 is 7.60 Å². The van der Waals surface area contributed by atoms with Crippen LogP contribution in [-0.2, 0) is 15.3 Å². The molecule has 2 atom stereocenters. The van der Waals surface area contributed by atoms with Gasteiger partial charge in [-0.3, -0.25) is 9.55 Å². The molecular formula is C24H24NO3P. The fourth-order valence-corrected chi connectivity index (χ4v) is 4.92. The second-order valence-electron chi connectivity index (χ2n) is 7.33. The monoisotopic (exact) mass is 405 g/mol. The summed E-state index contributed by atoms with van der Waals surface area (Å²) in [7, 11) is -3.75. The van der Waals surface area contributed by atoms with Gasteiger partial charge in [-0.05, 0) is 35.7 Å². The molecule has 0 amide bonds. The SMILES string of the molecule is CCC(C)OP(=O)(O)Cc1ccc2cccc(-c3cccc4ccccc34)c2n1. The highest BCUT2D eigenvalue weighted by Crippen LogP contribution is 2.47. The number of hydrogen-bond donors (Lipinski definition) is 1. The van der Waals surface area contributed by atoms with E-state index in [1.165, 1.54) is 5.39 Å². The maximum absolute atomic E-state index is 12.5. The van der Waals surface area contributed by atoms with Crippen molar-refractivity contribution in [2.45, 2.75) is 32.5 Å². The number of para-hydroxylation sites is 1. The van der Waals surface area contributed by atoms with Crippen LogP contribution in [0.4, 0.5) is 0 Å². The van der Waals surface area contributed by atoms with Crippen LogP contribution in [0.3, 0.4) is 0 Å². The van der Waals surface area contributed by atoms with E-state index < -0.39 is 7.60 Å². The van der Waals surface area contributed by atoms with Crippen molar-refractivity contribution in [3.63, 3.8) is 0 Å². The molecule has 5 heteroatoms.